The summed E-state index contributed by atoms with van der Waals surface area (Å²) in [6.07, 6.45) is 1.91. The molecule has 3 N–H and O–H groups in total. The third kappa shape index (κ3) is 2.45. The van der Waals surface area contributed by atoms with Crippen molar-refractivity contribution < 1.29 is 5.11 Å². The fourth-order valence-corrected chi connectivity index (χ4v) is 1.68. The smallest absolute Gasteiger partial charge is 0.134 e. The van der Waals surface area contributed by atoms with Gasteiger partial charge in [-0.3, -0.25) is 0 Å². The second kappa shape index (κ2) is 4.63. The van der Waals surface area contributed by atoms with Crippen molar-refractivity contribution in [3.8, 4) is 5.75 Å². The van der Waals surface area contributed by atoms with Crippen LogP contribution in [-0.2, 0) is 0 Å². The van der Waals surface area contributed by atoms with Crippen molar-refractivity contribution in [1.82, 2.24) is 0 Å². The van der Waals surface area contributed by atoms with E-state index in [9.17, 15) is 5.11 Å². The van der Waals surface area contributed by atoms with E-state index in [1.165, 1.54) is 0 Å². The highest BCUT2D eigenvalue weighted by Gasteiger charge is 2.11. The molecule has 2 nitrogen and oxygen atoms in total. The van der Waals surface area contributed by atoms with Crippen LogP contribution in [0.2, 0.25) is 0 Å². The molecule has 0 fully saturated rings. The summed E-state index contributed by atoms with van der Waals surface area (Å²) in [4.78, 5) is 0. The Hall–Kier alpha value is -0.540. The van der Waals surface area contributed by atoms with Crippen LogP contribution < -0.4 is 5.73 Å². The molecule has 0 heterocycles. The molecule has 0 unspecified atom stereocenters. The summed E-state index contributed by atoms with van der Waals surface area (Å²) in [5, 5.41) is 9.67. The molecule has 0 bridgehead atoms. The molecule has 1 aromatic rings. The number of benzene rings is 1. The van der Waals surface area contributed by atoms with Crippen molar-refractivity contribution in [3.63, 3.8) is 0 Å². The zero-order valence-corrected chi connectivity index (χ0v) is 9.21. The number of nitrogens with two attached hydrogens (primary N) is 1. The normalized spacial score (nSPS) is 12.8. The maximum Gasteiger partial charge on any atom is 0.134 e. The Morgan fingerprint density at radius 2 is 2.23 bits per heavy atom. The van der Waals surface area contributed by atoms with Gasteiger partial charge in [0, 0.05) is 11.6 Å². The predicted molar refractivity (Wildman–Crippen MR) is 57.6 cm³/mol. The van der Waals surface area contributed by atoms with Crippen LogP contribution >= 0.6 is 15.9 Å². The number of aromatic hydroxyl groups is 1. The molecule has 0 aliphatic carbocycles. The third-order valence-electron chi connectivity index (χ3n) is 2.02. The molecule has 72 valence electrons. The van der Waals surface area contributed by atoms with Crippen molar-refractivity contribution >= 4 is 15.9 Å². The highest BCUT2D eigenvalue weighted by Crippen LogP contribution is 2.32. The average molecular weight is 244 g/mol. The van der Waals surface area contributed by atoms with Crippen LogP contribution in [0, 0.1) is 0 Å². The minimum atomic E-state index is -0.0671. The first-order valence-electron chi connectivity index (χ1n) is 4.39. The molecule has 0 aliphatic rings. The Balaban J connectivity index is 2.93. The molecule has 1 atom stereocenters. The summed E-state index contributed by atoms with van der Waals surface area (Å²) in [5.74, 6) is 0.267. The van der Waals surface area contributed by atoms with E-state index in [0.29, 0.717) is 4.47 Å². The van der Waals surface area contributed by atoms with Crippen LogP contribution in [0.15, 0.2) is 22.7 Å². The largest absolute Gasteiger partial charge is 0.506 e. The van der Waals surface area contributed by atoms with Gasteiger partial charge in [-0.25, -0.2) is 0 Å². The minimum Gasteiger partial charge on any atom is -0.506 e. The molecular formula is C10H14BrNO. The van der Waals surface area contributed by atoms with Crippen LogP contribution in [0.1, 0.15) is 31.4 Å². The Labute approximate surface area is 86.9 Å². The molecule has 0 saturated carbocycles. The van der Waals surface area contributed by atoms with E-state index in [1.807, 2.05) is 12.1 Å². The summed E-state index contributed by atoms with van der Waals surface area (Å²) >= 11 is 3.26. The number of hydrogen-bond donors (Lipinski definition) is 2. The predicted octanol–water partition coefficient (Wildman–Crippen LogP) is 2.95. The van der Waals surface area contributed by atoms with Crippen LogP contribution in [0.25, 0.3) is 0 Å². The van der Waals surface area contributed by atoms with Crippen molar-refractivity contribution in [2.45, 2.75) is 25.8 Å². The standard InChI is InChI=1S/C10H14BrNO/c1-2-4-9(12)7-5-3-6-8(11)10(7)13/h3,5-6,9,13H,2,4,12H2,1H3/t9-/m1/s1. The lowest BCUT2D eigenvalue weighted by molar-refractivity contribution is 0.454. The van der Waals surface area contributed by atoms with Crippen molar-refractivity contribution in [1.29, 1.82) is 0 Å². The second-order valence-corrected chi connectivity index (χ2v) is 3.93. The molecule has 3 heteroatoms. The van der Waals surface area contributed by atoms with Gasteiger partial charge in [0.1, 0.15) is 5.75 Å². The highest BCUT2D eigenvalue weighted by atomic mass is 79.9. The Kier molecular flexibility index (Phi) is 3.75. The quantitative estimate of drug-likeness (QED) is 0.858. The molecule has 1 aromatic carbocycles. The van der Waals surface area contributed by atoms with E-state index in [4.69, 9.17) is 5.73 Å². The fraction of sp³-hybridized carbons (Fsp3) is 0.400. The van der Waals surface area contributed by atoms with E-state index in [1.54, 1.807) is 6.07 Å². The summed E-state index contributed by atoms with van der Waals surface area (Å²) in [7, 11) is 0. The van der Waals surface area contributed by atoms with Crippen LogP contribution in [0.5, 0.6) is 5.75 Å². The highest BCUT2D eigenvalue weighted by molar-refractivity contribution is 9.10. The first kappa shape index (κ1) is 10.5. The van der Waals surface area contributed by atoms with Gasteiger partial charge in [-0.05, 0) is 28.4 Å². The molecule has 0 radical (unpaired) electrons. The lowest BCUT2D eigenvalue weighted by Crippen LogP contribution is -2.09. The maximum atomic E-state index is 9.67. The number of phenolic OH excluding ortho intramolecular Hbond substituents is 1. The van der Waals surface area contributed by atoms with Crippen molar-refractivity contribution in [3.05, 3.63) is 28.2 Å². The number of halogens is 1. The molecule has 0 aromatic heterocycles. The zero-order valence-electron chi connectivity index (χ0n) is 7.63. The molecule has 0 saturated heterocycles. The zero-order chi connectivity index (χ0) is 9.84. The first-order chi connectivity index (χ1) is 6.16. The maximum absolute atomic E-state index is 9.67. The van der Waals surface area contributed by atoms with E-state index >= 15 is 0 Å². The average Bonchev–Trinajstić information content (AvgIpc) is 2.10. The SMILES string of the molecule is CCC[C@@H](N)c1cccc(Br)c1O. The molecule has 0 aliphatic heterocycles. The summed E-state index contributed by atoms with van der Waals surface area (Å²) < 4.78 is 0.705. The lowest BCUT2D eigenvalue weighted by atomic mass is 10.0. The topological polar surface area (TPSA) is 46.2 Å². The molecule has 0 spiro atoms. The van der Waals surface area contributed by atoms with Crippen molar-refractivity contribution in [2.24, 2.45) is 5.73 Å². The van der Waals surface area contributed by atoms with Gasteiger partial charge in [-0.2, -0.15) is 0 Å². The third-order valence-corrected chi connectivity index (χ3v) is 2.66. The Morgan fingerprint density at radius 1 is 1.54 bits per heavy atom. The van der Waals surface area contributed by atoms with E-state index in [2.05, 4.69) is 22.9 Å². The number of para-hydroxylation sites is 1. The van der Waals surface area contributed by atoms with Crippen molar-refractivity contribution in [2.75, 3.05) is 0 Å². The lowest BCUT2D eigenvalue weighted by Gasteiger charge is -2.13. The van der Waals surface area contributed by atoms with Gasteiger partial charge in [0.2, 0.25) is 0 Å². The first-order valence-corrected chi connectivity index (χ1v) is 5.19. The van der Waals surface area contributed by atoms with Gasteiger partial charge in [-0.1, -0.05) is 25.5 Å². The second-order valence-electron chi connectivity index (χ2n) is 3.07. The molecule has 1 rings (SSSR count). The number of hydrogen-bond acceptors (Lipinski definition) is 2. The van der Waals surface area contributed by atoms with Gasteiger partial charge in [0.25, 0.3) is 0 Å². The van der Waals surface area contributed by atoms with E-state index < -0.39 is 0 Å². The number of rotatable bonds is 3. The van der Waals surface area contributed by atoms with Gasteiger partial charge >= 0.3 is 0 Å². The summed E-state index contributed by atoms with van der Waals surface area (Å²) in [6, 6.07) is 5.48. The number of phenols is 1. The van der Waals surface area contributed by atoms with Gasteiger partial charge < -0.3 is 10.8 Å². The van der Waals surface area contributed by atoms with Gasteiger partial charge in [-0.15, -0.1) is 0 Å². The summed E-state index contributed by atoms with van der Waals surface area (Å²) in [5.41, 5.74) is 6.71. The summed E-state index contributed by atoms with van der Waals surface area (Å²) in [6.45, 7) is 2.08. The minimum absolute atomic E-state index is 0.0671. The van der Waals surface area contributed by atoms with Crippen LogP contribution in [0.4, 0.5) is 0 Å². The Morgan fingerprint density at radius 3 is 2.85 bits per heavy atom. The Bertz CT molecular complexity index is 288. The molecular weight excluding hydrogens is 230 g/mol. The molecule has 13 heavy (non-hydrogen) atoms. The van der Waals surface area contributed by atoms with E-state index in [0.717, 1.165) is 18.4 Å². The van der Waals surface area contributed by atoms with Crippen LogP contribution in [-0.4, -0.2) is 5.11 Å². The van der Waals surface area contributed by atoms with E-state index in [-0.39, 0.29) is 11.8 Å². The monoisotopic (exact) mass is 243 g/mol. The molecule has 0 amide bonds. The van der Waals surface area contributed by atoms with Crippen LogP contribution in [0.3, 0.4) is 0 Å². The van der Waals surface area contributed by atoms with Gasteiger partial charge in [0.15, 0.2) is 0 Å². The fourth-order valence-electron chi connectivity index (χ4n) is 1.30. The van der Waals surface area contributed by atoms with Gasteiger partial charge in [0.05, 0.1) is 4.47 Å².